The van der Waals surface area contributed by atoms with Crippen molar-refractivity contribution in [3.8, 4) is 0 Å². The van der Waals surface area contributed by atoms with Gasteiger partial charge in [-0.1, -0.05) is 0 Å². The van der Waals surface area contributed by atoms with Gasteiger partial charge < -0.3 is 10.3 Å². The van der Waals surface area contributed by atoms with E-state index in [1.165, 1.54) is 18.5 Å². The van der Waals surface area contributed by atoms with Crippen molar-refractivity contribution in [2.24, 2.45) is 0 Å². The predicted molar refractivity (Wildman–Crippen MR) is 67.0 cm³/mol. The van der Waals surface area contributed by atoms with Gasteiger partial charge in [0.2, 0.25) is 0 Å². The highest BCUT2D eigenvalue weighted by atomic mass is 79.9. The number of hydrogen-bond acceptors (Lipinski definition) is 3. The SMILES string of the molecule is Cc1cc(F)cc(Nc2nc[nH]c(=O)c2Br)c1. The van der Waals surface area contributed by atoms with Gasteiger partial charge in [-0.2, -0.15) is 0 Å². The molecule has 2 aromatic rings. The first-order valence-electron chi connectivity index (χ1n) is 4.83. The van der Waals surface area contributed by atoms with Gasteiger partial charge in [-0.3, -0.25) is 4.79 Å². The van der Waals surface area contributed by atoms with Crippen LogP contribution in [0.1, 0.15) is 5.56 Å². The Morgan fingerprint density at radius 2 is 2.18 bits per heavy atom. The molecule has 88 valence electrons. The zero-order valence-electron chi connectivity index (χ0n) is 8.92. The van der Waals surface area contributed by atoms with Crippen molar-refractivity contribution in [1.82, 2.24) is 9.97 Å². The maximum absolute atomic E-state index is 13.2. The molecule has 0 radical (unpaired) electrons. The summed E-state index contributed by atoms with van der Waals surface area (Å²) in [5, 5.41) is 2.88. The van der Waals surface area contributed by atoms with Crippen molar-refractivity contribution in [3.05, 3.63) is 50.7 Å². The number of benzene rings is 1. The van der Waals surface area contributed by atoms with Crippen molar-refractivity contribution in [3.63, 3.8) is 0 Å². The third kappa shape index (κ3) is 2.71. The Balaban J connectivity index is 2.38. The maximum Gasteiger partial charge on any atom is 0.267 e. The zero-order valence-corrected chi connectivity index (χ0v) is 10.5. The fourth-order valence-electron chi connectivity index (χ4n) is 1.42. The van der Waals surface area contributed by atoms with E-state index >= 15 is 0 Å². The van der Waals surface area contributed by atoms with E-state index in [0.29, 0.717) is 11.5 Å². The second kappa shape index (κ2) is 4.67. The van der Waals surface area contributed by atoms with Gasteiger partial charge in [-0.15, -0.1) is 0 Å². The zero-order chi connectivity index (χ0) is 12.4. The Labute approximate surface area is 105 Å². The third-order valence-corrected chi connectivity index (χ3v) is 2.84. The van der Waals surface area contributed by atoms with Crippen molar-refractivity contribution in [1.29, 1.82) is 0 Å². The lowest BCUT2D eigenvalue weighted by molar-refractivity contribution is 0.627. The van der Waals surface area contributed by atoms with E-state index in [1.807, 2.05) is 0 Å². The molecule has 0 spiro atoms. The van der Waals surface area contributed by atoms with Crippen LogP contribution in [0.25, 0.3) is 0 Å². The quantitative estimate of drug-likeness (QED) is 0.896. The van der Waals surface area contributed by atoms with E-state index in [1.54, 1.807) is 13.0 Å². The molecule has 0 saturated carbocycles. The van der Waals surface area contributed by atoms with Crippen molar-refractivity contribution < 1.29 is 4.39 Å². The van der Waals surface area contributed by atoms with Gasteiger partial charge in [0.1, 0.15) is 10.3 Å². The molecule has 17 heavy (non-hydrogen) atoms. The van der Waals surface area contributed by atoms with Crippen LogP contribution < -0.4 is 10.9 Å². The van der Waals surface area contributed by atoms with Crippen LogP contribution in [-0.4, -0.2) is 9.97 Å². The fourth-order valence-corrected chi connectivity index (χ4v) is 1.73. The number of aromatic amines is 1. The number of nitrogens with one attached hydrogen (secondary N) is 2. The first-order valence-corrected chi connectivity index (χ1v) is 5.63. The molecule has 1 aromatic carbocycles. The molecule has 6 heteroatoms. The summed E-state index contributed by atoms with van der Waals surface area (Å²) < 4.78 is 13.5. The highest BCUT2D eigenvalue weighted by Crippen LogP contribution is 2.21. The lowest BCUT2D eigenvalue weighted by Crippen LogP contribution is -2.10. The monoisotopic (exact) mass is 297 g/mol. The van der Waals surface area contributed by atoms with Crippen LogP contribution >= 0.6 is 15.9 Å². The molecule has 1 heterocycles. The smallest absolute Gasteiger partial charge is 0.267 e. The van der Waals surface area contributed by atoms with Gasteiger partial charge >= 0.3 is 0 Å². The maximum atomic E-state index is 13.2. The molecule has 0 bridgehead atoms. The molecule has 0 amide bonds. The van der Waals surface area contributed by atoms with E-state index < -0.39 is 0 Å². The molecule has 0 saturated heterocycles. The summed E-state index contributed by atoms with van der Waals surface area (Å²) in [6.07, 6.45) is 1.28. The molecular weight excluding hydrogens is 289 g/mol. The van der Waals surface area contributed by atoms with Gasteiger partial charge in [0.05, 0.1) is 6.33 Å². The molecule has 0 aliphatic heterocycles. The molecular formula is C11H9BrFN3O. The Hall–Kier alpha value is -1.69. The minimum absolute atomic E-state index is 0.280. The summed E-state index contributed by atoms with van der Waals surface area (Å²) in [4.78, 5) is 17.7. The van der Waals surface area contributed by atoms with E-state index in [9.17, 15) is 9.18 Å². The van der Waals surface area contributed by atoms with Crippen molar-refractivity contribution in [2.75, 3.05) is 5.32 Å². The fraction of sp³-hybridized carbons (Fsp3) is 0.0909. The molecule has 0 atom stereocenters. The number of aromatic nitrogens is 2. The highest BCUT2D eigenvalue weighted by Gasteiger charge is 2.06. The second-order valence-electron chi connectivity index (χ2n) is 3.54. The Bertz CT molecular complexity index is 592. The Morgan fingerprint density at radius 3 is 2.88 bits per heavy atom. The predicted octanol–water partition coefficient (Wildman–Crippen LogP) is 2.72. The standard InChI is InChI=1S/C11H9BrFN3O/c1-6-2-7(13)4-8(3-6)16-10-9(12)11(17)15-5-14-10/h2-5H,1H3,(H2,14,15,16,17). The minimum atomic E-state index is -0.339. The number of anilines is 2. The molecule has 0 aliphatic carbocycles. The van der Waals surface area contributed by atoms with Crippen LogP contribution in [-0.2, 0) is 0 Å². The minimum Gasteiger partial charge on any atom is -0.339 e. The average Bonchev–Trinajstić information content (AvgIpc) is 2.23. The first-order chi connectivity index (χ1) is 8.06. The summed E-state index contributed by atoms with van der Waals surface area (Å²) in [6, 6.07) is 4.52. The first kappa shape index (κ1) is 11.8. The molecule has 2 N–H and O–H groups in total. The van der Waals surface area contributed by atoms with Gasteiger partial charge in [0.15, 0.2) is 5.82 Å². The molecule has 0 fully saturated rings. The van der Waals surface area contributed by atoms with Crippen LogP contribution in [0.3, 0.4) is 0 Å². The number of hydrogen-bond donors (Lipinski definition) is 2. The number of halogens is 2. The molecule has 0 unspecified atom stereocenters. The molecule has 2 rings (SSSR count). The summed E-state index contributed by atoms with van der Waals surface area (Å²) in [5.41, 5.74) is 1.03. The topological polar surface area (TPSA) is 57.8 Å². The molecule has 0 aliphatic rings. The van der Waals surface area contributed by atoms with Gasteiger partial charge in [-0.25, -0.2) is 9.37 Å². The lowest BCUT2D eigenvalue weighted by Gasteiger charge is -2.07. The number of H-pyrrole nitrogens is 1. The van der Waals surface area contributed by atoms with Crippen LogP contribution in [0.2, 0.25) is 0 Å². The Kier molecular flexibility index (Phi) is 3.23. The summed E-state index contributed by atoms with van der Waals surface area (Å²) in [7, 11) is 0. The normalized spacial score (nSPS) is 10.3. The van der Waals surface area contributed by atoms with Crippen LogP contribution in [0.15, 0.2) is 33.8 Å². The largest absolute Gasteiger partial charge is 0.339 e. The Morgan fingerprint density at radius 1 is 1.41 bits per heavy atom. The number of aryl methyl sites for hydroxylation is 1. The van der Waals surface area contributed by atoms with Gasteiger partial charge in [0.25, 0.3) is 5.56 Å². The van der Waals surface area contributed by atoms with Gasteiger partial charge in [0, 0.05) is 5.69 Å². The number of nitrogens with zero attached hydrogens (tertiary/aromatic N) is 1. The van der Waals surface area contributed by atoms with Crippen LogP contribution in [0.4, 0.5) is 15.9 Å². The van der Waals surface area contributed by atoms with Crippen molar-refractivity contribution in [2.45, 2.75) is 6.92 Å². The van der Waals surface area contributed by atoms with E-state index in [-0.39, 0.29) is 15.8 Å². The molecule has 1 aromatic heterocycles. The van der Waals surface area contributed by atoms with E-state index in [0.717, 1.165) is 5.56 Å². The van der Waals surface area contributed by atoms with Crippen LogP contribution in [0, 0.1) is 12.7 Å². The summed E-state index contributed by atoms with van der Waals surface area (Å²) >= 11 is 3.11. The van der Waals surface area contributed by atoms with E-state index in [2.05, 4.69) is 31.2 Å². The number of rotatable bonds is 2. The van der Waals surface area contributed by atoms with Gasteiger partial charge in [-0.05, 0) is 46.6 Å². The third-order valence-electron chi connectivity index (χ3n) is 2.10. The molecule has 4 nitrogen and oxygen atoms in total. The average molecular weight is 298 g/mol. The summed E-state index contributed by atoms with van der Waals surface area (Å²) in [6.45, 7) is 1.79. The van der Waals surface area contributed by atoms with Crippen molar-refractivity contribution >= 4 is 27.4 Å². The summed E-state index contributed by atoms with van der Waals surface area (Å²) in [5.74, 6) is 0.00668. The van der Waals surface area contributed by atoms with Crippen LogP contribution in [0.5, 0.6) is 0 Å². The van der Waals surface area contributed by atoms with E-state index in [4.69, 9.17) is 0 Å². The second-order valence-corrected chi connectivity index (χ2v) is 4.33. The lowest BCUT2D eigenvalue weighted by atomic mass is 10.2. The highest BCUT2D eigenvalue weighted by molar-refractivity contribution is 9.10.